The summed E-state index contributed by atoms with van der Waals surface area (Å²) in [5, 5.41) is 5.65. The van der Waals surface area contributed by atoms with E-state index in [9.17, 15) is 14.4 Å². The minimum absolute atomic E-state index is 0.173. The number of benzene rings is 1. The van der Waals surface area contributed by atoms with Gasteiger partial charge in [0.1, 0.15) is 12.1 Å². The molecule has 0 bridgehead atoms. The van der Waals surface area contributed by atoms with Gasteiger partial charge in [0.15, 0.2) is 0 Å². The molecule has 22 heavy (non-hydrogen) atoms. The maximum absolute atomic E-state index is 12.1. The van der Waals surface area contributed by atoms with Crippen molar-refractivity contribution in [3.63, 3.8) is 0 Å². The lowest BCUT2D eigenvalue weighted by Gasteiger charge is -2.19. The minimum atomic E-state index is -0.875. The van der Waals surface area contributed by atoms with Gasteiger partial charge in [-0.1, -0.05) is 27.5 Å². The highest BCUT2D eigenvalue weighted by Gasteiger charge is 2.30. The average Bonchev–Trinajstić information content (AvgIpc) is 2.88. The van der Waals surface area contributed by atoms with E-state index in [1.807, 2.05) is 0 Å². The molecule has 0 radical (unpaired) electrons. The van der Waals surface area contributed by atoms with Crippen LogP contribution in [0.4, 0.5) is 0 Å². The summed E-state index contributed by atoms with van der Waals surface area (Å²) in [5.41, 5.74) is 6.11. The Morgan fingerprint density at radius 2 is 2.23 bits per heavy atom. The quantitative estimate of drug-likeness (QED) is 0.698. The Kier molecular flexibility index (Phi) is 5.42. The number of carbonyl (C=O) groups excluding carboxylic acids is 3. The van der Waals surface area contributed by atoms with Crippen LogP contribution in [0.2, 0.25) is 5.02 Å². The molecule has 8 heteroatoms. The van der Waals surface area contributed by atoms with Crippen molar-refractivity contribution in [3.8, 4) is 0 Å². The highest BCUT2D eigenvalue weighted by molar-refractivity contribution is 9.10. The third kappa shape index (κ3) is 4.20. The van der Waals surface area contributed by atoms with Gasteiger partial charge in [-0.05, 0) is 30.2 Å². The predicted octanol–water partition coefficient (Wildman–Crippen LogP) is 0.894. The highest BCUT2D eigenvalue weighted by atomic mass is 79.9. The summed E-state index contributed by atoms with van der Waals surface area (Å²) >= 11 is 9.30. The molecule has 1 aromatic carbocycles. The molecule has 1 aliphatic rings. The molecule has 2 rings (SSSR count). The number of amides is 3. The van der Waals surface area contributed by atoms with E-state index >= 15 is 0 Å². The lowest BCUT2D eigenvalue weighted by Crippen LogP contribution is -2.51. The van der Waals surface area contributed by atoms with Crippen LogP contribution in [0.15, 0.2) is 22.7 Å². The maximum atomic E-state index is 12.1. The molecule has 0 aromatic heterocycles. The van der Waals surface area contributed by atoms with Crippen molar-refractivity contribution in [1.82, 2.24) is 10.6 Å². The molecule has 4 N–H and O–H groups in total. The number of primary amides is 1. The summed E-state index contributed by atoms with van der Waals surface area (Å²) in [6.07, 6.45) is 0.930. The minimum Gasteiger partial charge on any atom is -0.368 e. The van der Waals surface area contributed by atoms with E-state index in [-0.39, 0.29) is 12.3 Å². The van der Waals surface area contributed by atoms with Crippen molar-refractivity contribution in [1.29, 1.82) is 0 Å². The first-order valence-corrected chi connectivity index (χ1v) is 7.87. The Bertz CT molecular complexity index is 623. The fourth-order valence-corrected chi connectivity index (χ4v) is 2.83. The van der Waals surface area contributed by atoms with Crippen LogP contribution in [-0.2, 0) is 20.8 Å². The number of rotatable bonds is 5. The molecule has 0 saturated carbocycles. The van der Waals surface area contributed by atoms with E-state index in [0.29, 0.717) is 17.9 Å². The van der Waals surface area contributed by atoms with E-state index in [0.717, 1.165) is 10.0 Å². The number of hydrogen-bond acceptors (Lipinski definition) is 3. The van der Waals surface area contributed by atoms with Gasteiger partial charge in [0.25, 0.3) is 0 Å². The number of halogens is 2. The molecular formula is C14H15BrClN3O3. The molecule has 0 spiro atoms. The van der Waals surface area contributed by atoms with Gasteiger partial charge in [-0.25, -0.2) is 0 Å². The summed E-state index contributed by atoms with van der Waals surface area (Å²) in [5.74, 6) is -1.23. The number of nitrogens with one attached hydrogen (secondary N) is 2. The smallest absolute Gasteiger partial charge is 0.243 e. The molecule has 118 valence electrons. The van der Waals surface area contributed by atoms with Crippen molar-refractivity contribution in [2.75, 3.05) is 0 Å². The van der Waals surface area contributed by atoms with Gasteiger partial charge in [-0.15, -0.1) is 0 Å². The Labute approximate surface area is 140 Å². The molecule has 1 fully saturated rings. The van der Waals surface area contributed by atoms with Crippen molar-refractivity contribution in [2.24, 2.45) is 5.73 Å². The van der Waals surface area contributed by atoms with Gasteiger partial charge < -0.3 is 16.4 Å². The average molecular weight is 389 g/mol. The van der Waals surface area contributed by atoms with Gasteiger partial charge >= 0.3 is 0 Å². The zero-order chi connectivity index (χ0) is 16.3. The monoisotopic (exact) mass is 387 g/mol. The first kappa shape index (κ1) is 16.8. The van der Waals surface area contributed by atoms with Gasteiger partial charge in [-0.2, -0.15) is 0 Å². The van der Waals surface area contributed by atoms with Gasteiger partial charge in [0.05, 0.1) is 0 Å². The second-order valence-corrected chi connectivity index (χ2v) is 6.35. The predicted molar refractivity (Wildman–Crippen MR) is 85.1 cm³/mol. The lowest BCUT2D eigenvalue weighted by molar-refractivity contribution is -0.129. The van der Waals surface area contributed by atoms with E-state index in [1.54, 1.807) is 18.2 Å². The first-order chi connectivity index (χ1) is 10.4. The lowest BCUT2D eigenvalue weighted by atomic mass is 10.0. The van der Waals surface area contributed by atoms with Gasteiger partial charge in [0, 0.05) is 22.3 Å². The summed E-state index contributed by atoms with van der Waals surface area (Å²) in [6.45, 7) is 0. The Morgan fingerprint density at radius 1 is 1.50 bits per heavy atom. The Morgan fingerprint density at radius 3 is 2.82 bits per heavy atom. The number of nitrogens with two attached hydrogens (primary N) is 1. The molecule has 1 saturated heterocycles. The van der Waals surface area contributed by atoms with E-state index in [1.165, 1.54) is 0 Å². The Hall–Kier alpha value is -1.60. The summed E-state index contributed by atoms with van der Waals surface area (Å²) in [7, 11) is 0. The van der Waals surface area contributed by atoms with Crippen LogP contribution in [-0.4, -0.2) is 29.8 Å². The van der Waals surface area contributed by atoms with E-state index in [2.05, 4.69) is 26.6 Å². The molecule has 2 atom stereocenters. The fourth-order valence-electron chi connectivity index (χ4n) is 2.23. The van der Waals surface area contributed by atoms with Crippen LogP contribution in [0, 0.1) is 0 Å². The third-order valence-corrected chi connectivity index (χ3v) is 4.41. The first-order valence-electron chi connectivity index (χ1n) is 6.70. The topological polar surface area (TPSA) is 101 Å². The number of hydrogen-bond donors (Lipinski definition) is 3. The van der Waals surface area contributed by atoms with Crippen LogP contribution < -0.4 is 16.4 Å². The highest BCUT2D eigenvalue weighted by Crippen LogP contribution is 2.22. The molecule has 0 aliphatic carbocycles. The molecule has 1 aliphatic heterocycles. The van der Waals surface area contributed by atoms with Crippen LogP contribution in [0.25, 0.3) is 0 Å². The summed E-state index contributed by atoms with van der Waals surface area (Å²) in [4.78, 5) is 34.8. The van der Waals surface area contributed by atoms with Gasteiger partial charge in [-0.3, -0.25) is 14.4 Å². The zero-order valence-electron chi connectivity index (χ0n) is 11.6. The van der Waals surface area contributed by atoms with Crippen LogP contribution in [0.3, 0.4) is 0 Å². The summed E-state index contributed by atoms with van der Waals surface area (Å²) in [6, 6.07) is 3.68. The zero-order valence-corrected chi connectivity index (χ0v) is 13.9. The molecule has 0 unspecified atom stereocenters. The maximum Gasteiger partial charge on any atom is 0.243 e. The van der Waals surface area contributed by atoms with Crippen molar-refractivity contribution in [3.05, 3.63) is 33.3 Å². The van der Waals surface area contributed by atoms with Gasteiger partial charge in [0.2, 0.25) is 17.7 Å². The molecule has 1 aromatic rings. The van der Waals surface area contributed by atoms with Crippen molar-refractivity contribution in [2.45, 2.75) is 31.3 Å². The van der Waals surface area contributed by atoms with Crippen molar-refractivity contribution >= 4 is 45.3 Å². The standard InChI is InChI=1S/C14H15BrClN3O3/c15-9-2-1-8(16)5-7(9)6-11(13(17)21)19-14(22)10-3-4-12(20)18-10/h1-2,5,10-11H,3-4,6H2,(H2,17,21)(H,18,20)(H,19,22)/t10-,11-/m1/s1. The van der Waals surface area contributed by atoms with E-state index < -0.39 is 23.9 Å². The molecule has 3 amide bonds. The third-order valence-electron chi connectivity index (χ3n) is 3.40. The molecular weight excluding hydrogens is 374 g/mol. The van der Waals surface area contributed by atoms with Crippen molar-refractivity contribution < 1.29 is 14.4 Å². The molecule has 6 nitrogen and oxygen atoms in total. The second kappa shape index (κ2) is 7.11. The summed E-state index contributed by atoms with van der Waals surface area (Å²) < 4.78 is 0.770. The Balaban J connectivity index is 2.07. The van der Waals surface area contributed by atoms with Crippen LogP contribution in [0.5, 0.6) is 0 Å². The van der Waals surface area contributed by atoms with E-state index in [4.69, 9.17) is 17.3 Å². The normalized spacial score (nSPS) is 18.6. The second-order valence-electron chi connectivity index (χ2n) is 5.06. The number of carbonyl (C=O) groups is 3. The van der Waals surface area contributed by atoms with Crippen LogP contribution >= 0.6 is 27.5 Å². The largest absolute Gasteiger partial charge is 0.368 e. The molecule has 1 heterocycles. The SMILES string of the molecule is NC(=O)[C@@H](Cc1cc(Cl)ccc1Br)NC(=O)[C@H]1CCC(=O)N1. The fraction of sp³-hybridized carbons (Fsp3) is 0.357. The van der Waals surface area contributed by atoms with Crippen LogP contribution in [0.1, 0.15) is 18.4 Å².